The monoisotopic (exact) mass is 398 g/mol. The van der Waals surface area contributed by atoms with Crippen LogP contribution in [-0.4, -0.2) is 57.6 Å². The van der Waals surface area contributed by atoms with E-state index in [1.807, 2.05) is 4.90 Å². The Morgan fingerprint density at radius 3 is 2.57 bits per heavy atom. The topological polar surface area (TPSA) is 46.3 Å². The van der Waals surface area contributed by atoms with Gasteiger partial charge in [0.15, 0.2) is 0 Å². The highest BCUT2D eigenvalue weighted by Crippen LogP contribution is 2.38. The van der Waals surface area contributed by atoms with Crippen molar-refractivity contribution in [2.24, 2.45) is 4.99 Å². The number of amides is 1. The number of nitrogens with one attached hydrogen (secondary N) is 1. The molecule has 2 aliphatic heterocycles. The fourth-order valence-electron chi connectivity index (χ4n) is 3.86. The maximum Gasteiger partial charge on any atom is 0.249 e. The third-order valence-corrected chi connectivity index (χ3v) is 6.97. The number of nitrogens with zero attached hydrogens (tertiary/aromatic N) is 2. The van der Waals surface area contributed by atoms with Gasteiger partial charge in [-0.2, -0.15) is 0 Å². The zero-order chi connectivity index (χ0) is 19.7. The number of morpholine rings is 1. The number of ether oxygens (including phenoxy) is 1. The molecule has 2 aromatic rings. The molecule has 1 amide bonds. The fraction of sp³-hybridized carbons (Fsp3) is 0.455. The first-order valence-electron chi connectivity index (χ1n) is 9.98. The van der Waals surface area contributed by atoms with Gasteiger partial charge in [0.2, 0.25) is 5.91 Å². The van der Waals surface area contributed by atoms with Crippen LogP contribution in [0.1, 0.15) is 27.1 Å². The smallest absolute Gasteiger partial charge is 0.249 e. The molecule has 6 heteroatoms. The minimum Gasteiger partial charge on any atom is -0.370 e. The molecule has 0 aliphatic carbocycles. The van der Waals surface area contributed by atoms with Crippen molar-refractivity contribution >= 4 is 28.0 Å². The standard InChI is InChI=1S/C22H27N3O2S/c1-15-4-6-18(7-5-15)21-20-16(2)17(3)28-22(20)25(19(26)14-23-21)9-8-24-10-12-27-13-11-24/h4-7H,8-14H2,1-3H3/p+1. The van der Waals surface area contributed by atoms with Gasteiger partial charge in [0.25, 0.3) is 0 Å². The molecule has 0 bridgehead atoms. The first-order chi connectivity index (χ1) is 13.5. The predicted molar refractivity (Wildman–Crippen MR) is 114 cm³/mol. The van der Waals surface area contributed by atoms with Gasteiger partial charge in [-0.05, 0) is 26.3 Å². The molecule has 0 unspecified atom stereocenters. The lowest BCUT2D eigenvalue weighted by Gasteiger charge is -2.27. The number of carbonyl (C=O) groups excluding carboxylic acids is 1. The third kappa shape index (κ3) is 3.77. The van der Waals surface area contributed by atoms with Crippen molar-refractivity contribution in [3.63, 3.8) is 0 Å². The molecule has 2 aliphatic rings. The summed E-state index contributed by atoms with van der Waals surface area (Å²) >= 11 is 1.72. The molecule has 0 saturated carbocycles. The van der Waals surface area contributed by atoms with Crippen molar-refractivity contribution in [3.8, 4) is 0 Å². The average molecular weight is 399 g/mol. The normalized spacial score (nSPS) is 18.0. The number of quaternary nitrogens is 1. The Hall–Kier alpha value is -2.02. The van der Waals surface area contributed by atoms with Gasteiger partial charge >= 0.3 is 0 Å². The van der Waals surface area contributed by atoms with Crippen molar-refractivity contribution in [3.05, 3.63) is 51.4 Å². The molecule has 1 N–H and O–H groups in total. The van der Waals surface area contributed by atoms with Gasteiger partial charge in [0.1, 0.15) is 24.6 Å². The van der Waals surface area contributed by atoms with Gasteiger partial charge < -0.3 is 9.64 Å². The predicted octanol–water partition coefficient (Wildman–Crippen LogP) is 1.77. The Labute approximate surface area is 170 Å². The molecule has 3 heterocycles. The Bertz CT molecular complexity index is 895. The number of thiophene rings is 1. The number of fused-ring (bicyclic) bond motifs is 1. The highest BCUT2D eigenvalue weighted by molar-refractivity contribution is 7.17. The van der Waals surface area contributed by atoms with Gasteiger partial charge in [0, 0.05) is 16.0 Å². The fourth-order valence-corrected chi connectivity index (χ4v) is 5.06. The zero-order valence-electron chi connectivity index (χ0n) is 16.9. The van der Waals surface area contributed by atoms with E-state index < -0.39 is 0 Å². The van der Waals surface area contributed by atoms with E-state index in [1.165, 1.54) is 20.9 Å². The molecule has 0 atom stereocenters. The van der Waals surface area contributed by atoms with E-state index in [4.69, 9.17) is 9.73 Å². The average Bonchev–Trinajstić information content (AvgIpc) is 2.91. The number of hydrogen-bond donors (Lipinski definition) is 1. The molecule has 4 rings (SSSR count). The second kappa shape index (κ2) is 8.15. The van der Waals surface area contributed by atoms with Crippen LogP contribution >= 0.6 is 11.3 Å². The summed E-state index contributed by atoms with van der Waals surface area (Å²) in [5.41, 5.74) is 5.63. The summed E-state index contributed by atoms with van der Waals surface area (Å²) in [6, 6.07) is 8.45. The van der Waals surface area contributed by atoms with Crippen molar-refractivity contribution in [1.82, 2.24) is 0 Å². The summed E-state index contributed by atoms with van der Waals surface area (Å²) < 4.78 is 5.46. The van der Waals surface area contributed by atoms with E-state index in [1.54, 1.807) is 11.3 Å². The summed E-state index contributed by atoms with van der Waals surface area (Å²) in [5.74, 6) is 0.0947. The summed E-state index contributed by atoms with van der Waals surface area (Å²) in [4.78, 5) is 22.5. The molecule has 5 nitrogen and oxygen atoms in total. The van der Waals surface area contributed by atoms with Crippen LogP contribution in [0, 0.1) is 20.8 Å². The van der Waals surface area contributed by atoms with E-state index in [2.05, 4.69) is 45.0 Å². The zero-order valence-corrected chi connectivity index (χ0v) is 17.7. The lowest BCUT2D eigenvalue weighted by atomic mass is 9.99. The Kier molecular flexibility index (Phi) is 5.62. The van der Waals surface area contributed by atoms with E-state index in [0.29, 0.717) is 0 Å². The molecule has 148 valence electrons. The van der Waals surface area contributed by atoms with Crippen LogP contribution < -0.4 is 9.80 Å². The van der Waals surface area contributed by atoms with Gasteiger partial charge in [-0.25, -0.2) is 0 Å². The maximum absolute atomic E-state index is 13.0. The van der Waals surface area contributed by atoms with Crippen molar-refractivity contribution in [2.45, 2.75) is 20.8 Å². The van der Waals surface area contributed by atoms with Gasteiger partial charge in [-0.1, -0.05) is 29.8 Å². The molecule has 0 spiro atoms. The molecule has 1 saturated heterocycles. The number of rotatable bonds is 4. The van der Waals surface area contributed by atoms with E-state index >= 15 is 0 Å². The van der Waals surface area contributed by atoms with Gasteiger partial charge in [-0.3, -0.25) is 14.7 Å². The number of hydrogen-bond acceptors (Lipinski definition) is 4. The van der Waals surface area contributed by atoms with Crippen molar-refractivity contribution < 1.29 is 14.4 Å². The number of benzene rings is 1. The highest BCUT2D eigenvalue weighted by atomic mass is 32.1. The van der Waals surface area contributed by atoms with Crippen molar-refractivity contribution in [2.75, 3.05) is 50.8 Å². The number of aliphatic imine (C=N–C) groups is 1. The van der Waals surface area contributed by atoms with Crippen LogP contribution in [0.25, 0.3) is 0 Å². The van der Waals surface area contributed by atoms with Crippen LogP contribution in [-0.2, 0) is 9.53 Å². The van der Waals surface area contributed by atoms with Crippen LogP contribution in [0.3, 0.4) is 0 Å². The first kappa shape index (κ1) is 19.3. The van der Waals surface area contributed by atoms with Crippen LogP contribution in [0.4, 0.5) is 5.00 Å². The van der Waals surface area contributed by atoms with E-state index in [9.17, 15) is 4.79 Å². The molecule has 1 aromatic heterocycles. The van der Waals surface area contributed by atoms with Crippen LogP contribution in [0.5, 0.6) is 0 Å². The van der Waals surface area contributed by atoms with E-state index in [0.717, 1.165) is 61.2 Å². The van der Waals surface area contributed by atoms with E-state index in [-0.39, 0.29) is 12.5 Å². The van der Waals surface area contributed by atoms with Crippen LogP contribution in [0.2, 0.25) is 0 Å². The Morgan fingerprint density at radius 1 is 1.14 bits per heavy atom. The van der Waals surface area contributed by atoms with Crippen molar-refractivity contribution in [1.29, 1.82) is 0 Å². The lowest BCUT2D eigenvalue weighted by molar-refractivity contribution is -0.906. The molecule has 1 aromatic carbocycles. The SMILES string of the molecule is Cc1ccc(C2=NCC(=O)N(CC[NH+]3CCOCC3)c3sc(C)c(C)c32)cc1. The molecular weight excluding hydrogens is 370 g/mol. The first-order valence-corrected chi connectivity index (χ1v) is 10.8. The molecular formula is C22H28N3O2S+. The quantitative estimate of drug-likeness (QED) is 0.853. The summed E-state index contributed by atoms with van der Waals surface area (Å²) in [6.45, 7) is 11.9. The number of anilines is 1. The summed E-state index contributed by atoms with van der Waals surface area (Å²) in [5, 5.41) is 1.06. The third-order valence-electron chi connectivity index (χ3n) is 5.74. The minimum absolute atomic E-state index is 0.0947. The Balaban J connectivity index is 1.68. The summed E-state index contributed by atoms with van der Waals surface area (Å²) in [7, 11) is 0. The largest absolute Gasteiger partial charge is 0.370 e. The lowest BCUT2D eigenvalue weighted by Crippen LogP contribution is -3.14. The maximum atomic E-state index is 13.0. The number of aryl methyl sites for hydroxylation is 2. The van der Waals surface area contributed by atoms with Gasteiger partial charge in [-0.15, -0.1) is 11.3 Å². The highest BCUT2D eigenvalue weighted by Gasteiger charge is 2.30. The molecule has 1 fully saturated rings. The summed E-state index contributed by atoms with van der Waals surface area (Å²) in [6.07, 6.45) is 0. The Morgan fingerprint density at radius 2 is 1.86 bits per heavy atom. The van der Waals surface area contributed by atoms with Gasteiger partial charge in [0.05, 0.1) is 32.0 Å². The second-order valence-corrected chi connectivity index (χ2v) is 8.86. The molecule has 0 radical (unpaired) electrons. The van der Waals surface area contributed by atoms with Crippen LogP contribution in [0.15, 0.2) is 29.3 Å². The number of carbonyl (C=O) groups is 1. The second-order valence-electron chi connectivity index (χ2n) is 7.65. The molecule has 28 heavy (non-hydrogen) atoms. The minimum atomic E-state index is 0.0947.